The Hall–Kier alpha value is -2.43. The highest BCUT2D eigenvalue weighted by atomic mass is 16.1. The van der Waals surface area contributed by atoms with E-state index < -0.39 is 0 Å². The van der Waals surface area contributed by atoms with Crippen LogP contribution in [0, 0.1) is 19.8 Å². The molecule has 0 aliphatic carbocycles. The van der Waals surface area contributed by atoms with Crippen LogP contribution in [0.3, 0.4) is 0 Å². The molecule has 2 N–H and O–H groups in total. The van der Waals surface area contributed by atoms with Gasteiger partial charge in [0.1, 0.15) is 17.3 Å². The Morgan fingerprint density at radius 3 is 2.65 bits per heavy atom. The second kappa shape index (κ2) is 7.72. The van der Waals surface area contributed by atoms with Gasteiger partial charge in [-0.25, -0.2) is 9.97 Å². The number of carbonyl (C=O) groups excluding carboxylic acids is 1. The third kappa shape index (κ3) is 5.36. The van der Waals surface area contributed by atoms with E-state index in [1.54, 1.807) is 13.0 Å². The van der Waals surface area contributed by atoms with Gasteiger partial charge in [0.15, 0.2) is 0 Å². The zero-order valence-electron chi connectivity index (χ0n) is 14.2. The molecule has 0 aliphatic rings. The third-order valence-corrected chi connectivity index (χ3v) is 3.30. The monoisotopic (exact) mass is 312 g/mol. The highest BCUT2D eigenvalue weighted by molar-refractivity contribution is 5.92. The molecule has 122 valence electrons. The van der Waals surface area contributed by atoms with Crippen LogP contribution in [0.15, 0.2) is 30.3 Å². The highest BCUT2D eigenvalue weighted by Gasteiger charge is 2.10. The minimum Gasteiger partial charge on any atom is -0.370 e. The Morgan fingerprint density at radius 2 is 1.96 bits per heavy atom. The second-order valence-corrected chi connectivity index (χ2v) is 6.13. The molecule has 0 atom stereocenters. The summed E-state index contributed by atoms with van der Waals surface area (Å²) in [6, 6.07) is 9.77. The Balaban J connectivity index is 2.03. The van der Waals surface area contributed by atoms with E-state index in [1.165, 1.54) is 5.56 Å². The summed E-state index contributed by atoms with van der Waals surface area (Å²) in [6.45, 7) is 9.36. The summed E-state index contributed by atoms with van der Waals surface area (Å²) in [7, 11) is 0. The van der Waals surface area contributed by atoms with Crippen LogP contribution in [0.5, 0.6) is 0 Å². The molecular formula is C18H24N4O. The molecule has 2 rings (SSSR count). The topological polar surface area (TPSA) is 66.9 Å². The number of hydrogen-bond donors (Lipinski definition) is 2. The molecule has 5 nitrogen and oxygen atoms in total. The maximum Gasteiger partial charge on any atom is 0.270 e. The lowest BCUT2D eigenvalue weighted by Gasteiger charge is -2.10. The molecule has 0 aliphatic heterocycles. The number of carbonyl (C=O) groups is 1. The normalized spacial score (nSPS) is 10.7. The fourth-order valence-corrected chi connectivity index (χ4v) is 2.18. The average molecular weight is 312 g/mol. The van der Waals surface area contributed by atoms with E-state index in [-0.39, 0.29) is 5.91 Å². The lowest BCUT2D eigenvalue weighted by molar-refractivity contribution is 0.0945. The first-order valence-electron chi connectivity index (χ1n) is 7.87. The Morgan fingerprint density at radius 1 is 1.17 bits per heavy atom. The van der Waals surface area contributed by atoms with E-state index >= 15 is 0 Å². The molecule has 0 radical (unpaired) electrons. The molecule has 0 unspecified atom stereocenters. The van der Waals surface area contributed by atoms with Crippen molar-refractivity contribution in [1.82, 2.24) is 15.3 Å². The Labute approximate surface area is 137 Å². The van der Waals surface area contributed by atoms with Crippen molar-refractivity contribution >= 4 is 11.7 Å². The van der Waals surface area contributed by atoms with E-state index in [0.717, 1.165) is 12.1 Å². The van der Waals surface area contributed by atoms with Crippen LogP contribution in [0.1, 0.15) is 41.3 Å². The first-order chi connectivity index (χ1) is 10.9. The van der Waals surface area contributed by atoms with Crippen molar-refractivity contribution in [2.45, 2.75) is 34.2 Å². The van der Waals surface area contributed by atoms with Gasteiger partial charge >= 0.3 is 0 Å². The van der Waals surface area contributed by atoms with Crippen molar-refractivity contribution in [3.05, 3.63) is 53.0 Å². The largest absolute Gasteiger partial charge is 0.370 e. The van der Waals surface area contributed by atoms with E-state index in [4.69, 9.17) is 0 Å². The molecule has 23 heavy (non-hydrogen) atoms. The summed E-state index contributed by atoms with van der Waals surface area (Å²) in [6.07, 6.45) is 0. The first-order valence-corrected chi connectivity index (χ1v) is 7.87. The van der Waals surface area contributed by atoms with Crippen molar-refractivity contribution in [3.8, 4) is 0 Å². The fourth-order valence-electron chi connectivity index (χ4n) is 2.18. The van der Waals surface area contributed by atoms with Gasteiger partial charge in [-0.15, -0.1) is 0 Å². The minimum atomic E-state index is -0.190. The highest BCUT2D eigenvalue weighted by Crippen LogP contribution is 2.09. The van der Waals surface area contributed by atoms with Crippen molar-refractivity contribution in [3.63, 3.8) is 0 Å². The van der Waals surface area contributed by atoms with E-state index in [2.05, 4.69) is 40.5 Å². The number of benzene rings is 1. The van der Waals surface area contributed by atoms with E-state index in [0.29, 0.717) is 29.8 Å². The summed E-state index contributed by atoms with van der Waals surface area (Å²) < 4.78 is 0. The van der Waals surface area contributed by atoms with Crippen molar-refractivity contribution in [1.29, 1.82) is 0 Å². The standard InChI is InChI=1S/C18H24N4O/c1-12(2)10-19-17-9-16(21-14(4)22-17)18(23)20-11-15-7-5-6-13(3)8-15/h5-9,12H,10-11H2,1-4H3,(H,20,23)(H,19,21,22). The number of anilines is 1. The number of amides is 1. The van der Waals surface area contributed by atoms with Crippen LogP contribution in [-0.2, 0) is 6.54 Å². The predicted molar refractivity (Wildman–Crippen MR) is 92.4 cm³/mol. The zero-order valence-corrected chi connectivity index (χ0v) is 14.2. The maximum absolute atomic E-state index is 12.3. The number of rotatable bonds is 6. The van der Waals surface area contributed by atoms with Gasteiger partial charge < -0.3 is 10.6 Å². The summed E-state index contributed by atoms with van der Waals surface area (Å²) in [4.78, 5) is 20.9. The molecule has 0 saturated carbocycles. The molecule has 0 fully saturated rings. The number of aryl methyl sites for hydroxylation is 2. The molecule has 0 saturated heterocycles. The van der Waals surface area contributed by atoms with Gasteiger partial charge in [0.25, 0.3) is 5.91 Å². The zero-order chi connectivity index (χ0) is 16.8. The number of nitrogens with zero attached hydrogens (tertiary/aromatic N) is 2. The Bertz CT molecular complexity index is 682. The lowest BCUT2D eigenvalue weighted by Crippen LogP contribution is -2.24. The second-order valence-electron chi connectivity index (χ2n) is 6.13. The molecule has 0 spiro atoms. The van der Waals surface area contributed by atoms with Crippen LogP contribution in [0.2, 0.25) is 0 Å². The number of nitrogens with one attached hydrogen (secondary N) is 2. The average Bonchev–Trinajstić information content (AvgIpc) is 2.50. The molecule has 2 aromatic rings. The van der Waals surface area contributed by atoms with Gasteiger partial charge in [-0.1, -0.05) is 43.7 Å². The van der Waals surface area contributed by atoms with Gasteiger partial charge in [-0.05, 0) is 25.3 Å². The van der Waals surface area contributed by atoms with Crippen molar-refractivity contribution in [2.24, 2.45) is 5.92 Å². The van der Waals surface area contributed by atoms with Crippen LogP contribution in [0.4, 0.5) is 5.82 Å². The molecule has 1 heterocycles. The van der Waals surface area contributed by atoms with Gasteiger partial charge in [-0.2, -0.15) is 0 Å². The fraction of sp³-hybridized carbons (Fsp3) is 0.389. The smallest absolute Gasteiger partial charge is 0.270 e. The lowest BCUT2D eigenvalue weighted by atomic mass is 10.1. The summed E-state index contributed by atoms with van der Waals surface area (Å²) in [5.74, 6) is 1.58. The minimum absolute atomic E-state index is 0.190. The Kier molecular flexibility index (Phi) is 5.68. The first kappa shape index (κ1) is 16.9. The molecule has 0 bridgehead atoms. The SMILES string of the molecule is Cc1cccc(CNC(=O)c2cc(NCC(C)C)nc(C)n2)c1. The van der Waals surface area contributed by atoms with E-state index in [9.17, 15) is 4.79 Å². The van der Waals surface area contributed by atoms with Crippen LogP contribution in [0.25, 0.3) is 0 Å². The van der Waals surface area contributed by atoms with Crippen molar-refractivity contribution < 1.29 is 4.79 Å². The van der Waals surface area contributed by atoms with Gasteiger partial charge in [0, 0.05) is 19.2 Å². The quantitative estimate of drug-likeness (QED) is 0.860. The van der Waals surface area contributed by atoms with Crippen molar-refractivity contribution in [2.75, 3.05) is 11.9 Å². The van der Waals surface area contributed by atoms with Crippen LogP contribution in [-0.4, -0.2) is 22.4 Å². The molecule has 1 amide bonds. The van der Waals surface area contributed by atoms with Crippen LogP contribution < -0.4 is 10.6 Å². The third-order valence-electron chi connectivity index (χ3n) is 3.30. The van der Waals surface area contributed by atoms with Crippen LogP contribution >= 0.6 is 0 Å². The number of hydrogen-bond acceptors (Lipinski definition) is 4. The number of aromatic nitrogens is 2. The molecular weight excluding hydrogens is 288 g/mol. The van der Waals surface area contributed by atoms with Gasteiger partial charge in [0.2, 0.25) is 0 Å². The predicted octanol–water partition coefficient (Wildman–Crippen LogP) is 3.09. The summed E-state index contributed by atoms with van der Waals surface area (Å²) in [5.41, 5.74) is 2.63. The maximum atomic E-state index is 12.3. The molecule has 1 aromatic heterocycles. The van der Waals surface area contributed by atoms with Gasteiger partial charge in [-0.3, -0.25) is 4.79 Å². The summed E-state index contributed by atoms with van der Waals surface area (Å²) in [5, 5.41) is 6.14. The van der Waals surface area contributed by atoms with E-state index in [1.807, 2.05) is 25.1 Å². The van der Waals surface area contributed by atoms with Gasteiger partial charge in [0.05, 0.1) is 0 Å². The summed E-state index contributed by atoms with van der Waals surface area (Å²) >= 11 is 0. The molecule has 5 heteroatoms. The molecule has 1 aromatic carbocycles.